The largest absolute Gasteiger partial charge is 0.491 e. The number of thioether (sulfide) groups is 1. The summed E-state index contributed by atoms with van der Waals surface area (Å²) in [4.78, 5) is 1.28. The molecule has 0 saturated carbocycles. The molecule has 0 aliphatic carbocycles. The lowest BCUT2D eigenvalue weighted by Crippen LogP contribution is -2.01. The summed E-state index contributed by atoms with van der Waals surface area (Å²) in [5, 5.41) is 0. The highest BCUT2D eigenvalue weighted by Gasteiger charge is 1.99. The Bertz CT molecular complexity index is 516. The van der Waals surface area contributed by atoms with Crippen LogP contribution in [0.5, 0.6) is 5.75 Å². The summed E-state index contributed by atoms with van der Waals surface area (Å²) < 4.78 is 6.76. The van der Waals surface area contributed by atoms with Crippen molar-refractivity contribution in [2.75, 3.05) is 18.1 Å². The van der Waals surface area contributed by atoms with Gasteiger partial charge in [0, 0.05) is 15.1 Å². The van der Waals surface area contributed by atoms with E-state index in [1.807, 2.05) is 36.0 Å². The third-order valence-corrected chi connectivity index (χ3v) is 4.17. The summed E-state index contributed by atoms with van der Waals surface area (Å²) in [6.07, 6.45) is 0.995. The van der Waals surface area contributed by atoms with Crippen LogP contribution in [0.25, 0.3) is 0 Å². The normalized spacial score (nSPS) is 10.4. The van der Waals surface area contributed by atoms with Crippen molar-refractivity contribution in [2.45, 2.75) is 11.3 Å². The second kappa shape index (κ2) is 7.46. The van der Waals surface area contributed by atoms with Gasteiger partial charge in [-0.3, -0.25) is 0 Å². The summed E-state index contributed by atoms with van der Waals surface area (Å²) in [6.45, 7) is 0.692. The second-order valence-corrected chi connectivity index (χ2v) is 6.13. The first-order valence-corrected chi connectivity index (χ1v) is 7.89. The first-order valence-electron chi connectivity index (χ1n) is 6.11. The molecule has 4 heteroatoms. The fourth-order valence-corrected chi connectivity index (χ4v) is 2.66. The van der Waals surface area contributed by atoms with E-state index in [1.165, 1.54) is 4.90 Å². The molecule has 2 N–H and O–H groups in total. The minimum atomic E-state index is 0.692. The summed E-state index contributed by atoms with van der Waals surface area (Å²) >= 11 is 5.27. The van der Waals surface area contributed by atoms with Crippen molar-refractivity contribution in [3.63, 3.8) is 0 Å². The number of para-hydroxylation sites is 2. The molecule has 19 heavy (non-hydrogen) atoms. The minimum Gasteiger partial charge on any atom is -0.491 e. The van der Waals surface area contributed by atoms with Crippen LogP contribution in [0.3, 0.4) is 0 Å². The Hall–Kier alpha value is -1.13. The molecule has 2 rings (SSSR count). The average Bonchev–Trinajstić information content (AvgIpc) is 2.42. The Morgan fingerprint density at radius 1 is 1.05 bits per heavy atom. The average molecular weight is 338 g/mol. The van der Waals surface area contributed by atoms with Gasteiger partial charge in [-0.2, -0.15) is 0 Å². The zero-order valence-corrected chi connectivity index (χ0v) is 12.9. The van der Waals surface area contributed by atoms with Gasteiger partial charge in [0.05, 0.1) is 12.3 Å². The van der Waals surface area contributed by atoms with Crippen LogP contribution in [0.4, 0.5) is 5.69 Å². The number of ether oxygens (including phenoxy) is 1. The smallest absolute Gasteiger partial charge is 0.142 e. The number of nitrogens with two attached hydrogens (primary N) is 1. The van der Waals surface area contributed by atoms with Gasteiger partial charge in [0.1, 0.15) is 5.75 Å². The fourth-order valence-electron chi connectivity index (χ4n) is 1.57. The molecular formula is C15H16BrNOS. The molecule has 0 fully saturated rings. The lowest BCUT2D eigenvalue weighted by molar-refractivity contribution is 0.320. The molecule has 100 valence electrons. The van der Waals surface area contributed by atoms with E-state index in [0.717, 1.165) is 22.4 Å². The maximum Gasteiger partial charge on any atom is 0.142 e. The van der Waals surface area contributed by atoms with Gasteiger partial charge in [-0.25, -0.2) is 0 Å². The highest BCUT2D eigenvalue weighted by Crippen LogP contribution is 2.22. The van der Waals surface area contributed by atoms with Gasteiger partial charge in [0.15, 0.2) is 0 Å². The third-order valence-electron chi connectivity index (χ3n) is 2.55. The van der Waals surface area contributed by atoms with Crippen LogP contribution in [0, 0.1) is 0 Å². The molecule has 0 aliphatic heterocycles. The summed E-state index contributed by atoms with van der Waals surface area (Å²) in [7, 11) is 0. The van der Waals surface area contributed by atoms with E-state index in [0.29, 0.717) is 12.3 Å². The Balaban J connectivity index is 1.67. The first kappa shape index (κ1) is 14.3. The number of halogens is 1. The Morgan fingerprint density at radius 3 is 2.53 bits per heavy atom. The number of hydrogen-bond donors (Lipinski definition) is 1. The zero-order chi connectivity index (χ0) is 13.5. The third kappa shape index (κ3) is 4.80. The van der Waals surface area contributed by atoms with Crippen molar-refractivity contribution in [3.8, 4) is 5.75 Å². The van der Waals surface area contributed by atoms with E-state index >= 15 is 0 Å². The number of benzene rings is 2. The quantitative estimate of drug-likeness (QED) is 0.475. The van der Waals surface area contributed by atoms with E-state index in [-0.39, 0.29) is 0 Å². The molecule has 0 unspecified atom stereocenters. The zero-order valence-electron chi connectivity index (χ0n) is 10.5. The van der Waals surface area contributed by atoms with Crippen LogP contribution < -0.4 is 10.5 Å². The van der Waals surface area contributed by atoms with Gasteiger partial charge >= 0.3 is 0 Å². The molecule has 2 nitrogen and oxygen atoms in total. The van der Waals surface area contributed by atoms with Gasteiger partial charge < -0.3 is 10.5 Å². The predicted octanol–water partition coefficient (Wildman–Crippen LogP) is 4.59. The lowest BCUT2D eigenvalue weighted by atomic mass is 10.3. The van der Waals surface area contributed by atoms with E-state index in [4.69, 9.17) is 10.5 Å². The molecule has 0 spiro atoms. The number of anilines is 1. The molecule has 0 radical (unpaired) electrons. The van der Waals surface area contributed by atoms with Gasteiger partial charge in [0.2, 0.25) is 0 Å². The second-order valence-electron chi connectivity index (χ2n) is 4.04. The summed E-state index contributed by atoms with van der Waals surface area (Å²) in [5.74, 6) is 1.81. The molecule has 0 amide bonds. The fraction of sp³-hybridized carbons (Fsp3) is 0.200. The molecular weight excluding hydrogens is 322 g/mol. The molecule has 0 bridgehead atoms. The summed E-state index contributed by atoms with van der Waals surface area (Å²) in [5.41, 5.74) is 6.50. The lowest BCUT2D eigenvalue weighted by Gasteiger charge is -2.08. The van der Waals surface area contributed by atoms with Crippen molar-refractivity contribution in [2.24, 2.45) is 0 Å². The summed E-state index contributed by atoms with van der Waals surface area (Å²) in [6, 6.07) is 15.9. The van der Waals surface area contributed by atoms with E-state index in [1.54, 1.807) is 0 Å². The number of hydrogen-bond acceptors (Lipinski definition) is 3. The minimum absolute atomic E-state index is 0.692. The maximum atomic E-state index is 5.81. The Kier molecular flexibility index (Phi) is 5.61. The van der Waals surface area contributed by atoms with E-state index in [9.17, 15) is 0 Å². The van der Waals surface area contributed by atoms with Crippen LogP contribution in [-0.4, -0.2) is 12.4 Å². The molecule has 0 aliphatic rings. The molecule has 2 aromatic carbocycles. The van der Waals surface area contributed by atoms with Gasteiger partial charge in [-0.15, -0.1) is 11.8 Å². The van der Waals surface area contributed by atoms with Gasteiger partial charge in [0.25, 0.3) is 0 Å². The standard InChI is InChI=1S/C15H16BrNOS/c16-12-6-8-13(9-7-12)19-11-3-10-18-15-5-2-1-4-14(15)17/h1-2,4-9H,3,10-11,17H2. The molecule has 0 aromatic heterocycles. The number of rotatable bonds is 6. The van der Waals surface area contributed by atoms with E-state index < -0.39 is 0 Å². The van der Waals surface area contributed by atoms with Crippen LogP contribution >= 0.6 is 27.7 Å². The highest BCUT2D eigenvalue weighted by atomic mass is 79.9. The van der Waals surface area contributed by atoms with Gasteiger partial charge in [-0.1, -0.05) is 28.1 Å². The predicted molar refractivity (Wildman–Crippen MR) is 85.8 cm³/mol. The van der Waals surface area contributed by atoms with Crippen molar-refractivity contribution >= 4 is 33.4 Å². The van der Waals surface area contributed by atoms with Crippen LogP contribution in [0.2, 0.25) is 0 Å². The highest BCUT2D eigenvalue weighted by molar-refractivity contribution is 9.10. The Labute approximate surface area is 126 Å². The topological polar surface area (TPSA) is 35.2 Å². The molecule has 0 saturated heterocycles. The van der Waals surface area contributed by atoms with Crippen molar-refractivity contribution in [1.29, 1.82) is 0 Å². The molecule has 2 aromatic rings. The van der Waals surface area contributed by atoms with Crippen molar-refractivity contribution in [1.82, 2.24) is 0 Å². The molecule has 0 atom stereocenters. The molecule has 0 heterocycles. The van der Waals surface area contributed by atoms with Crippen LogP contribution in [0.15, 0.2) is 57.9 Å². The Morgan fingerprint density at radius 2 is 1.79 bits per heavy atom. The SMILES string of the molecule is Nc1ccccc1OCCCSc1ccc(Br)cc1. The van der Waals surface area contributed by atoms with Crippen molar-refractivity contribution < 1.29 is 4.74 Å². The monoisotopic (exact) mass is 337 g/mol. The van der Waals surface area contributed by atoms with E-state index in [2.05, 4.69) is 40.2 Å². The van der Waals surface area contributed by atoms with Crippen molar-refractivity contribution in [3.05, 3.63) is 53.0 Å². The first-order chi connectivity index (χ1) is 9.25. The maximum absolute atomic E-state index is 5.81. The number of nitrogen functional groups attached to an aromatic ring is 1. The van der Waals surface area contributed by atoms with Crippen LogP contribution in [0.1, 0.15) is 6.42 Å². The van der Waals surface area contributed by atoms with Gasteiger partial charge in [-0.05, 0) is 42.8 Å². The van der Waals surface area contributed by atoms with Crippen LogP contribution in [-0.2, 0) is 0 Å².